The summed E-state index contributed by atoms with van der Waals surface area (Å²) in [6.07, 6.45) is 1.78. The fourth-order valence-electron chi connectivity index (χ4n) is 2.13. The minimum Gasteiger partial charge on any atom is -0.232 e. The maximum atomic E-state index is 13.8. The van der Waals surface area contributed by atoms with Crippen LogP contribution in [-0.2, 0) is 7.05 Å². The number of imidazole rings is 1. The molecule has 3 aromatic rings. The Morgan fingerprint density at radius 3 is 2.61 bits per heavy atom. The summed E-state index contributed by atoms with van der Waals surface area (Å²) in [4.78, 5) is 0. The molecule has 0 aliphatic rings. The van der Waals surface area contributed by atoms with Gasteiger partial charge in [0.2, 0.25) is 6.33 Å². The van der Waals surface area contributed by atoms with E-state index >= 15 is 0 Å². The molecule has 0 fully saturated rings. The summed E-state index contributed by atoms with van der Waals surface area (Å²) in [5, 5.41) is 0. The van der Waals surface area contributed by atoms with Crippen molar-refractivity contribution in [1.29, 1.82) is 0 Å². The van der Waals surface area contributed by atoms with Gasteiger partial charge in [-0.3, -0.25) is 0 Å². The average Bonchev–Trinajstić information content (AvgIpc) is 2.68. The first-order chi connectivity index (χ1) is 8.66. The van der Waals surface area contributed by atoms with E-state index in [0.29, 0.717) is 5.69 Å². The summed E-state index contributed by atoms with van der Waals surface area (Å²) in [7, 11) is 1.89. The lowest BCUT2D eigenvalue weighted by Gasteiger charge is -1.99. The van der Waals surface area contributed by atoms with E-state index < -0.39 is 11.6 Å². The van der Waals surface area contributed by atoms with Gasteiger partial charge < -0.3 is 0 Å². The van der Waals surface area contributed by atoms with Gasteiger partial charge in [0.25, 0.3) is 0 Å². The monoisotopic (exact) mass is 245 g/mol. The van der Waals surface area contributed by atoms with Gasteiger partial charge in [0.15, 0.2) is 22.5 Å². The standard InChI is InChI=1S/C14H11F2N2/c1-17-9-18(14-5-3-2-4-13(14)17)12-7-6-10(15)8-11(12)16/h2-9H,1H3/q+1. The number of rotatable bonds is 1. The molecule has 18 heavy (non-hydrogen) atoms. The summed E-state index contributed by atoms with van der Waals surface area (Å²) in [6.45, 7) is 0. The van der Waals surface area contributed by atoms with Crippen LogP contribution in [0.5, 0.6) is 0 Å². The molecule has 0 aliphatic carbocycles. The van der Waals surface area contributed by atoms with E-state index in [2.05, 4.69) is 0 Å². The zero-order valence-electron chi connectivity index (χ0n) is 9.77. The van der Waals surface area contributed by atoms with Crippen LogP contribution in [0.15, 0.2) is 48.8 Å². The summed E-state index contributed by atoms with van der Waals surface area (Å²) in [6, 6.07) is 11.3. The lowest BCUT2D eigenvalue weighted by atomic mass is 10.2. The molecule has 0 saturated carbocycles. The van der Waals surface area contributed by atoms with Crippen molar-refractivity contribution < 1.29 is 13.3 Å². The van der Waals surface area contributed by atoms with Gasteiger partial charge in [0.1, 0.15) is 5.82 Å². The number of hydrogen-bond donors (Lipinski definition) is 0. The van der Waals surface area contributed by atoms with Crippen LogP contribution in [0.3, 0.4) is 0 Å². The Labute approximate surface area is 103 Å². The first kappa shape index (κ1) is 10.9. The summed E-state index contributed by atoms with van der Waals surface area (Å²) in [5.74, 6) is -1.14. The Balaban J connectivity index is 2.32. The Morgan fingerprint density at radius 1 is 1.06 bits per heavy atom. The fourth-order valence-corrected chi connectivity index (χ4v) is 2.13. The van der Waals surface area contributed by atoms with Crippen molar-refractivity contribution in [3.05, 3.63) is 60.4 Å². The highest BCUT2D eigenvalue weighted by molar-refractivity contribution is 5.73. The molecule has 0 spiro atoms. The maximum absolute atomic E-state index is 13.8. The molecule has 1 aromatic heterocycles. The second-order valence-electron chi connectivity index (χ2n) is 4.18. The molecular formula is C14H11F2N2+. The van der Waals surface area contributed by atoms with Crippen LogP contribution < -0.4 is 4.57 Å². The average molecular weight is 245 g/mol. The molecule has 2 nitrogen and oxygen atoms in total. The first-order valence-electron chi connectivity index (χ1n) is 5.58. The largest absolute Gasteiger partial charge is 0.249 e. The number of nitrogens with zero attached hydrogens (tertiary/aromatic N) is 2. The topological polar surface area (TPSA) is 8.81 Å². The van der Waals surface area contributed by atoms with Crippen molar-refractivity contribution in [2.45, 2.75) is 0 Å². The molecule has 1 heterocycles. The van der Waals surface area contributed by atoms with Gasteiger partial charge >= 0.3 is 0 Å². The Kier molecular flexibility index (Phi) is 2.37. The SMILES string of the molecule is C[n+]1cn(-c2ccc(F)cc2F)c2ccccc21. The van der Waals surface area contributed by atoms with Crippen molar-refractivity contribution in [1.82, 2.24) is 4.57 Å². The number of benzene rings is 2. The normalized spacial score (nSPS) is 11.1. The third-order valence-electron chi connectivity index (χ3n) is 2.98. The van der Waals surface area contributed by atoms with Gasteiger partial charge in [0.05, 0.1) is 7.05 Å². The third-order valence-corrected chi connectivity index (χ3v) is 2.98. The van der Waals surface area contributed by atoms with E-state index in [9.17, 15) is 8.78 Å². The van der Waals surface area contributed by atoms with Gasteiger partial charge in [-0.25, -0.2) is 13.3 Å². The molecule has 0 bridgehead atoms. The van der Waals surface area contributed by atoms with Crippen molar-refractivity contribution in [2.75, 3.05) is 0 Å². The second kappa shape index (κ2) is 3.91. The van der Waals surface area contributed by atoms with Gasteiger partial charge in [0, 0.05) is 6.07 Å². The summed E-state index contributed by atoms with van der Waals surface area (Å²) in [5.41, 5.74) is 2.21. The van der Waals surface area contributed by atoms with E-state index in [1.54, 1.807) is 10.9 Å². The molecule has 0 unspecified atom stereocenters. The molecule has 0 atom stereocenters. The number of hydrogen-bond acceptors (Lipinski definition) is 0. The zero-order valence-corrected chi connectivity index (χ0v) is 9.77. The van der Waals surface area contributed by atoms with E-state index in [-0.39, 0.29) is 0 Å². The minimum absolute atomic E-state index is 0.341. The number of aromatic nitrogens is 2. The number of halogens is 2. The van der Waals surface area contributed by atoms with Gasteiger partial charge in [-0.1, -0.05) is 12.1 Å². The maximum Gasteiger partial charge on any atom is 0.249 e. The molecule has 2 aromatic carbocycles. The molecule has 0 N–H and O–H groups in total. The van der Waals surface area contributed by atoms with Gasteiger partial charge in [-0.15, -0.1) is 0 Å². The number of fused-ring (bicyclic) bond motifs is 1. The van der Waals surface area contributed by atoms with Crippen LogP contribution >= 0.6 is 0 Å². The molecular weight excluding hydrogens is 234 g/mol. The van der Waals surface area contributed by atoms with E-state index in [1.165, 1.54) is 12.1 Å². The fraction of sp³-hybridized carbons (Fsp3) is 0.0714. The minimum atomic E-state index is -0.573. The van der Waals surface area contributed by atoms with Crippen LogP contribution in [0.25, 0.3) is 16.7 Å². The van der Waals surface area contributed by atoms with Crippen molar-refractivity contribution in [2.24, 2.45) is 7.05 Å². The predicted octanol–water partition coefficient (Wildman–Crippen LogP) is 2.73. The summed E-state index contributed by atoms with van der Waals surface area (Å²) < 4.78 is 30.3. The Morgan fingerprint density at radius 2 is 1.83 bits per heavy atom. The Hall–Kier alpha value is -2.23. The van der Waals surface area contributed by atoms with Gasteiger partial charge in [-0.2, -0.15) is 4.57 Å². The first-order valence-corrected chi connectivity index (χ1v) is 5.58. The molecule has 0 radical (unpaired) electrons. The molecule has 0 saturated heterocycles. The van der Waals surface area contributed by atoms with E-state index in [0.717, 1.165) is 17.1 Å². The van der Waals surface area contributed by atoms with Crippen LogP contribution in [0.2, 0.25) is 0 Å². The van der Waals surface area contributed by atoms with Crippen LogP contribution in [0, 0.1) is 11.6 Å². The van der Waals surface area contributed by atoms with Crippen LogP contribution in [-0.4, -0.2) is 4.57 Å². The van der Waals surface area contributed by atoms with E-state index in [1.807, 2.05) is 35.9 Å². The highest BCUT2D eigenvalue weighted by atomic mass is 19.1. The molecule has 3 rings (SSSR count). The van der Waals surface area contributed by atoms with Crippen molar-refractivity contribution >= 4 is 11.0 Å². The van der Waals surface area contributed by atoms with Crippen molar-refractivity contribution in [3.8, 4) is 5.69 Å². The quantitative estimate of drug-likeness (QED) is 0.583. The second-order valence-corrected chi connectivity index (χ2v) is 4.18. The number of aryl methyl sites for hydroxylation is 1. The molecule has 0 amide bonds. The molecule has 90 valence electrons. The van der Waals surface area contributed by atoms with Crippen LogP contribution in [0.1, 0.15) is 0 Å². The smallest absolute Gasteiger partial charge is 0.232 e. The highest BCUT2D eigenvalue weighted by Crippen LogP contribution is 2.19. The highest BCUT2D eigenvalue weighted by Gasteiger charge is 2.17. The van der Waals surface area contributed by atoms with Crippen LogP contribution in [0.4, 0.5) is 8.78 Å². The lowest BCUT2D eigenvalue weighted by molar-refractivity contribution is -0.645. The zero-order chi connectivity index (χ0) is 12.7. The summed E-state index contributed by atoms with van der Waals surface area (Å²) >= 11 is 0. The third kappa shape index (κ3) is 1.57. The molecule has 0 aliphatic heterocycles. The lowest BCUT2D eigenvalue weighted by Crippen LogP contribution is -2.25. The number of para-hydroxylation sites is 2. The molecule has 4 heteroatoms. The van der Waals surface area contributed by atoms with Crippen molar-refractivity contribution in [3.63, 3.8) is 0 Å². The Bertz CT molecular complexity index is 732. The predicted molar refractivity (Wildman–Crippen MR) is 64.4 cm³/mol. The van der Waals surface area contributed by atoms with Gasteiger partial charge in [-0.05, 0) is 24.3 Å². The van der Waals surface area contributed by atoms with E-state index in [4.69, 9.17) is 0 Å².